The maximum absolute atomic E-state index is 13.7. The van der Waals surface area contributed by atoms with Crippen LogP contribution in [0.4, 0.5) is 20.2 Å². The summed E-state index contributed by atoms with van der Waals surface area (Å²) in [4.78, 5) is -0.0600. The summed E-state index contributed by atoms with van der Waals surface area (Å²) in [5, 5.41) is 2.73. The average Bonchev–Trinajstić information content (AvgIpc) is 2.44. The van der Waals surface area contributed by atoms with Crippen molar-refractivity contribution in [2.24, 2.45) is 0 Å². The fourth-order valence-corrected chi connectivity index (χ4v) is 3.30. The van der Waals surface area contributed by atoms with Crippen LogP contribution in [-0.2, 0) is 10.0 Å². The molecule has 0 amide bonds. The van der Waals surface area contributed by atoms with Gasteiger partial charge in [0, 0.05) is 13.1 Å². The second-order valence-electron chi connectivity index (χ2n) is 4.10. The monoisotopic (exact) mass is 376 g/mol. The number of hydrogen-bond acceptors (Lipinski definition) is 3. The van der Waals surface area contributed by atoms with Gasteiger partial charge in [0.15, 0.2) is 0 Å². The van der Waals surface area contributed by atoms with Gasteiger partial charge >= 0.3 is 0 Å². The zero-order valence-corrected chi connectivity index (χ0v) is 13.2. The number of para-hydroxylation sites is 1. The van der Waals surface area contributed by atoms with Crippen LogP contribution in [0, 0.1) is 11.6 Å². The molecule has 2 aromatic rings. The topological polar surface area (TPSA) is 58.2 Å². The highest BCUT2D eigenvalue weighted by molar-refractivity contribution is 9.10. The average molecular weight is 377 g/mol. The van der Waals surface area contributed by atoms with E-state index in [0.717, 1.165) is 12.1 Å². The Balaban J connectivity index is 2.45. The Bertz CT molecular complexity index is 782. The van der Waals surface area contributed by atoms with Gasteiger partial charge < -0.3 is 5.32 Å². The third-order valence-electron chi connectivity index (χ3n) is 2.70. The third-order valence-corrected chi connectivity index (χ3v) is 4.73. The fourth-order valence-electron chi connectivity index (χ4n) is 1.71. The van der Waals surface area contributed by atoms with Gasteiger partial charge in [0.25, 0.3) is 10.0 Å². The molecule has 0 fully saturated rings. The predicted molar refractivity (Wildman–Crippen MR) is 80.9 cm³/mol. The summed E-state index contributed by atoms with van der Waals surface area (Å²) in [5.74, 6) is -1.65. The van der Waals surface area contributed by atoms with Crippen LogP contribution in [0.25, 0.3) is 0 Å². The zero-order chi connectivity index (χ0) is 15.6. The molecule has 2 N–H and O–H groups in total. The van der Waals surface area contributed by atoms with Gasteiger partial charge in [-0.25, -0.2) is 17.2 Å². The van der Waals surface area contributed by atoms with Gasteiger partial charge in [-0.3, -0.25) is 4.72 Å². The summed E-state index contributed by atoms with van der Waals surface area (Å²) in [6.07, 6.45) is 0. The molecule has 0 saturated carbocycles. The van der Waals surface area contributed by atoms with Crippen LogP contribution in [0.5, 0.6) is 0 Å². The van der Waals surface area contributed by atoms with Crippen molar-refractivity contribution >= 4 is 37.3 Å². The normalized spacial score (nSPS) is 11.2. The zero-order valence-electron chi connectivity index (χ0n) is 10.8. The first-order valence-corrected chi connectivity index (χ1v) is 8.07. The lowest BCUT2D eigenvalue weighted by Gasteiger charge is -2.12. The molecule has 0 aliphatic heterocycles. The van der Waals surface area contributed by atoms with Gasteiger partial charge in [0.05, 0.1) is 15.8 Å². The van der Waals surface area contributed by atoms with Gasteiger partial charge in [-0.05, 0) is 34.1 Å². The highest BCUT2D eigenvalue weighted by atomic mass is 79.9. The van der Waals surface area contributed by atoms with Gasteiger partial charge in [-0.15, -0.1) is 0 Å². The Morgan fingerprint density at radius 3 is 2.38 bits per heavy atom. The molecule has 112 valence electrons. The second-order valence-corrected chi connectivity index (χ2v) is 6.60. The number of hydrogen-bond donors (Lipinski definition) is 2. The van der Waals surface area contributed by atoms with E-state index in [2.05, 4.69) is 21.2 Å². The summed E-state index contributed by atoms with van der Waals surface area (Å²) >= 11 is 2.83. The van der Waals surface area contributed by atoms with Crippen molar-refractivity contribution in [2.75, 3.05) is 17.1 Å². The van der Waals surface area contributed by atoms with Gasteiger partial charge in [-0.2, -0.15) is 0 Å². The molecule has 0 aliphatic rings. The van der Waals surface area contributed by atoms with Crippen LogP contribution in [0.3, 0.4) is 0 Å². The number of rotatable bonds is 4. The molecule has 0 atom stereocenters. The molecule has 0 radical (unpaired) electrons. The maximum Gasteiger partial charge on any atom is 0.264 e. The summed E-state index contributed by atoms with van der Waals surface area (Å²) < 4.78 is 53.7. The molecule has 0 spiro atoms. The minimum atomic E-state index is -4.04. The Hall–Kier alpha value is -1.67. The second kappa shape index (κ2) is 5.98. The van der Waals surface area contributed by atoms with Crippen LogP contribution in [0.2, 0.25) is 0 Å². The lowest BCUT2D eigenvalue weighted by Crippen LogP contribution is -2.15. The van der Waals surface area contributed by atoms with E-state index in [1.54, 1.807) is 19.2 Å². The standard InChI is InChI=1S/C13H11BrF2N2O2S/c1-17-11-4-2-3-5-13(11)21(19,20)18-12-7-9(15)8(14)6-10(12)16/h2-7,17-18H,1H3. The van der Waals surface area contributed by atoms with Crippen LogP contribution >= 0.6 is 15.9 Å². The molecule has 2 aromatic carbocycles. The molecule has 0 aliphatic carbocycles. The first kappa shape index (κ1) is 15.7. The summed E-state index contributed by atoms with van der Waals surface area (Å²) in [6, 6.07) is 7.75. The Labute approximate surface area is 129 Å². The van der Waals surface area contributed by atoms with E-state index in [-0.39, 0.29) is 9.37 Å². The third kappa shape index (κ3) is 3.33. The van der Waals surface area contributed by atoms with Crippen LogP contribution in [0.1, 0.15) is 0 Å². The maximum atomic E-state index is 13.7. The SMILES string of the molecule is CNc1ccccc1S(=O)(=O)Nc1cc(F)c(Br)cc1F. The van der Waals surface area contributed by atoms with Crippen molar-refractivity contribution in [3.8, 4) is 0 Å². The van der Waals surface area contributed by atoms with Gasteiger partial charge in [-0.1, -0.05) is 12.1 Å². The quantitative estimate of drug-likeness (QED) is 0.801. The van der Waals surface area contributed by atoms with E-state index >= 15 is 0 Å². The highest BCUT2D eigenvalue weighted by Gasteiger charge is 2.20. The highest BCUT2D eigenvalue weighted by Crippen LogP contribution is 2.27. The van der Waals surface area contributed by atoms with Crippen molar-refractivity contribution < 1.29 is 17.2 Å². The molecule has 0 bridgehead atoms. The van der Waals surface area contributed by atoms with Crippen molar-refractivity contribution in [1.82, 2.24) is 0 Å². The van der Waals surface area contributed by atoms with E-state index in [1.807, 2.05) is 4.72 Å². The molecular weight excluding hydrogens is 366 g/mol. The van der Waals surface area contributed by atoms with Crippen LogP contribution < -0.4 is 10.0 Å². The van der Waals surface area contributed by atoms with E-state index in [0.29, 0.717) is 5.69 Å². The Kier molecular flexibility index (Phi) is 4.48. The van der Waals surface area contributed by atoms with Gasteiger partial charge in [0.1, 0.15) is 16.5 Å². The summed E-state index contributed by atoms with van der Waals surface area (Å²) in [5.41, 5.74) is -0.107. The number of halogens is 3. The molecule has 2 rings (SSSR count). The molecular formula is C13H11BrF2N2O2S. The number of benzene rings is 2. The van der Waals surface area contributed by atoms with Crippen molar-refractivity contribution in [2.45, 2.75) is 4.90 Å². The van der Waals surface area contributed by atoms with Crippen molar-refractivity contribution in [3.05, 3.63) is 52.5 Å². The lowest BCUT2D eigenvalue weighted by atomic mass is 10.3. The minimum absolute atomic E-state index is 0.0600. The lowest BCUT2D eigenvalue weighted by molar-refractivity contribution is 0.592. The molecule has 8 heteroatoms. The van der Waals surface area contributed by atoms with Crippen LogP contribution in [-0.4, -0.2) is 15.5 Å². The Morgan fingerprint density at radius 2 is 1.71 bits per heavy atom. The molecule has 0 saturated heterocycles. The van der Waals surface area contributed by atoms with E-state index in [1.165, 1.54) is 12.1 Å². The predicted octanol–water partition coefficient (Wildman–Crippen LogP) is 3.57. The largest absolute Gasteiger partial charge is 0.387 e. The van der Waals surface area contributed by atoms with Gasteiger partial charge in [0.2, 0.25) is 0 Å². The van der Waals surface area contributed by atoms with E-state index in [4.69, 9.17) is 0 Å². The van der Waals surface area contributed by atoms with Crippen LogP contribution in [0.15, 0.2) is 45.8 Å². The molecule has 21 heavy (non-hydrogen) atoms. The molecule has 0 unspecified atom stereocenters. The van der Waals surface area contributed by atoms with Crippen molar-refractivity contribution in [1.29, 1.82) is 0 Å². The number of anilines is 2. The smallest absolute Gasteiger partial charge is 0.264 e. The van der Waals surface area contributed by atoms with E-state index in [9.17, 15) is 17.2 Å². The first-order chi connectivity index (χ1) is 9.85. The fraction of sp³-hybridized carbons (Fsp3) is 0.0769. The van der Waals surface area contributed by atoms with Crippen molar-refractivity contribution in [3.63, 3.8) is 0 Å². The Morgan fingerprint density at radius 1 is 1.05 bits per heavy atom. The summed E-state index contributed by atoms with van der Waals surface area (Å²) in [7, 11) is -2.48. The van der Waals surface area contributed by atoms with E-state index < -0.39 is 27.3 Å². The molecule has 4 nitrogen and oxygen atoms in total. The number of nitrogens with one attached hydrogen (secondary N) is 2. The molecule has 0 heterocycles. The first-order valence-electron chi connectivity index (χ1n) is 5.79. The minimum Gasteiger partial charge on any atom is -0.387 e. The molecule has 0 aromatic heterocycles. The number of sulfonamides is 1. The summed E-state index contributed by atoms with van der Waals surface area (Å²) in [6.45, 7) is 0.